The number of methoxy groups -OCH3 is 1. The summed E-state index contributed by atoms with van der Waals surface area (Å²) >= 11 is 0. The van der Waals surface area contributed by atoms with Crippen LogP contribution < -0.4 is 0 Å². The Kier molecular flexibility index (Phi) is 2.64. The normalized spacial score (nSPS) is 10.6. The number of fused-ring (bicyclic) bond motifs is 1. The van der Waals surface area contributed by atoms with Crippen molar-refractivity contribution in [2.75, 3.05) is 7.11 Å². The topological polar surface area (TPSA) is 82.8 Å². The van der Waals surface area contributed by atoms with Crippen LogP contribution >= 0.6 is 0 Å². The summed E-state index contributed by atoms with van der Waals surface area (Å²) < 4.78 is 5.99. The van der Waals surface area contributed by atoms with E-state index in [2.05, 4.69) is 24.8 Å². The quantitative estimate of drug-likeness (QED) is 0.635. The number of ether oxygens (including phenoxy) is 1. The molecule has 0 spiro atoms. The number of hydrogen-bond acceptors (Lipinski definition) is 6. The third-order valence-electron chi connectivity index (χ3n) is 2.60. The fraction of sp³-hybridized carbons (Fsp3) is 0.0833. The summed E-state index contributed by atoms with van der Waals surface area (Å²) in [6.07, 6.45) is 2.86. The highest BCUT2D eigenvalue weighted by atomic mass is 16.5. The molecule has 0 aliphatic rings. The summed E-state index contributed by atoms with van der Waals surface area (Å²) in [7, 11) is 1.28. The molecule has 3 aromatic rings. The molecule has 19 heavy (non-hydrogen) atoms. The first-order chi connectivity index (χ1) is 9.29. The van der Waals surface area contributed by atoms with Gasteiger partial charge in [0.15, 0.2) is 5.82 Å². The van der Waals surface area contributed by atoms with E-state index in [1.54, 1.807) is 0 Å². The Balaban J connectivity index is 2.14. The molecule has 0 unspecified atom stereocenters. The van der Waals surface area contributed by atoms with Crippen molar-refractivity contribution in [3.63, 3.8) is 0 Å². The van der Waals surface area contributed by atoms with Crippen molar-refractivity contribution in [3.8, 4) is 5.82 Å². The lowest BCUT2D eigenvalue weighted by atomic mass is 10.2. The minimum atomic E-state index is -0.586. The number of carbonyl (C=O) groups is 1. The number of hydrogen-bond donors (Lipinski definition) is 0. The van der Waals surface area contributed by atoms with Gasteiger partial charge in [-0.15, -0.1) is 5.10 Å². The summed E-state index contributed by atoms with van der Waals surface area (Å²) in [6.45, 7) is 0. The molecule has 0 fully saturated rings. The number of benzene rings is 1. The molecule has 3 rings (SSSR count). The van der Waals surface area contributed by atoms with Gasteiger partial charge < -0.3 is 4.74 Å². The number of para-hydroxylation sites is 1. The molecule has 94 valence electrons. The monoisotopic (exact) mass is 255 g/mol. The van der Waals surface area contributed by atoms with E-state index in [-0.39, 0.29) is 5.82 Å². The van der Waals surface area contributed by atoms with E-state index in [0.717, 1.165) is 10.9 Å². The molecule has 7 nitrogen and oxygen atoms in total. The van der Waals surface area contributed by atoms with E-state index >= 15 is 0 Å². The molecule has 0 saturated heterocycles. The van der Waals surface area contributed by atoms with Gasteiger partial charge in [0.05, 0.1) is 12.6 Å². The predicted molar refractivity (Wildman–Crippen MR) is 65.8 cm³/mol. The lowest BCUT2D eigenvalue weighted by Gasteiger charge is -2.03. The maximum absolute atomic E-state index is 11.3. The van der Waals surface area contributed by atoms with Gasteiger partial charge >= 0.3 is 5.97 Å². The lowest BCUT2D eigenvalue weighted by Crippen LogP contribution is -2.06. The molecule has 0 radical (unpaired) electrons. The van der Waals surface area contributed by atoms with Gasteiger partial charge in [0.2, 0.25) is 0 Å². The van der Waals surface area contributed by atoms with E-state index in [1.807, 2.05) is 24.3 Å². The SMILES string of the molecule is COC(=O)c1ncn(-c2ncnc3ccccc23)n1. The predicted octanol–water partition coefficient (Wildman–Crippen LogP) is 0.997. The molecule has 0 N–H and O–H groups in total. The van der Waals surface area contributed by atoms with Crippen molar-refractivity contribution in [2.45, 2.75) is 0 Å². The Morgan fingerprint density at radius 1 is 1.21 bits per heavy atom. The Hall–Kier alpha value is -2.83. The van der Waals surface area contributed by atoms with Gasteiger partial charge in [-0.2, -0.15) is 0 Å². The molecule has 7 heteroatoms. The molecule has 0 atom stereocenters. The van der Waals surface area contributed by atoms with Gasteiger partial charge in [0.1, 0.15) is 12.7 Å². The fourth-order valence-electron chi connectivity index (χ4n) is 1.72. The van der Waals surface area contributed by atoms with Crippen LogP contribution in [0.15, 0.2) is 36.9 Å². The van der Waals surface area contributed by atoms with Crippen LogP contribution in [-0.4, -0.2) is 37.8 Å². The van der Waals surface area contributed by atoms with Crippen LogP contribution in [-0.2, 0) is 4.74 Å². The zero-order valence-electron chi connectivity index (χ0n) is 10.0. The van der Waals surface area contributed by atoms with Gasteiger partial charge in [-0.25, -0.2) is 24.4 Å². The van der Waals surface area contributed by atoms with E-state index < -0.39 is 5.97 Å². The van der Waals surface area contributed by atoms with Crippen LogP contribution in [0.2, 0.25) is 0 Å². The highest BCUT2D eigenvalue weighted by molar-refractivity contribution is 5.86. The molecule has 0 bridgehead atoms. The minimum Gasteiger partial charge on any atom is -0.463 e. The van der Waals surface area contributed by atoms with Gasteiger partial charge in [-0.1, -0.05) is 12.1 Å². The first kappa shape index (κ1) is 11.3. The number of carbonyl (C=O) groups excluding carboxylic acids is 1. The average Bonchev–Trinajstić information content (AvgIpc) is 2.95. The summed E-state index contributed by atoms with van der Waals surface area (Å²) in [4.78, 5) is 23.5. The third-order valence-corrected chi connectivity index (χ3v) is 2.60. The van der Waals surface area contributed by atoms with Gasteiger partial charge in [0.25, 0.3) is 5.82 Å². The molecule has 0 aliphatic carbocycles. The summed E-state index contributed by atoms with van der Waals surface area (Å²) in [6, 6.07) is 7.52. The number of aromatic nitrogens is 5. The minimum absolute atomic E-state index is 0.00908. The van der Waals surface area contributed by atoms with Gasteiger partial charge in [0, 0.05) is 5.39 Å². The maximum Gasteiger partial charge on any atom is 0.377 e. The Labute approximate surface area is 107 Å². The third kappa shape index (κ3) is 1.90. The maximum atomic E-state index is 11.3. The van der Waals surface area contributed by atoms with Crippen molar-refractivity contribution in [2.24, 2.45) is 0 Å². The second-order valence-corrected chi connectivity index (χ2v) is 3.72. The van der Waals surface area contributed by atoms with Crippen LogP contribution in [0.25, 0.3) is 16.7 Å². The van der Waals surface area contributed by atoms with Gasteiger partial charge in [-0.3, -0.25) is 0 Å². The van der Waals surface area contributed by atoms with Crippen LogP contribution in [0, 0.1) is 0 Å². The molecule has 2 heterocycles. The largest absolute Gasteiger partial charge is 0.463 e. The standard InChI is InChI=1S/C12H9N5O2/c1-19-12(18)10-15-7-17(16-10)11-8-4-2-3-5-9(8)13-6-14-11/h2-7H,1H3. The first-order valence-electron chi connectivity index (χ1n) is 5.49. The second kappa shape index (κ2) is 4.45. The van der Waals surface area contributed by atoms with Crippen LogP contribution in [0.1, 0.15) is 10.6 Å². The lowest BCUT2D eigenvalue weighted by molar-refractivity contribution is 0.0587. The Bertz CT molecular complexity index is 747. The molecule has 0 saturated carbocycles. The van der Waals surface area contributed by atoms with Crippen molar-refractivity contribution in [1.82, 2.24) is 24.7 Å². The van der Waals surface area contributed by atoms with E-state index in [9.17, 15) is 4.79 Å². The van der Waals surface area contributed by atoms with Crippen LogP contribution in [0.5, 0.6) is 0 Å². The van der Waals surface area contributed by atoms with Crippen molar-refractivity contribution < 1.29 is 9.53 Å². The molecule has 0 amide bonds. The number of esters is 1. The highest BCUT2D eigenvalue weighted by Gasteiger charge is 2.13. The highest BCUT2D eigenvalue weighted by Crippen LogP contribution is 2.16. The average molecular weight is 255 g/mol. The van der Waals surface area contributed by atoms with E-state index in [4.69, 9.17) is 0 Å². The first-order valence-corrected chi connectivity index (χ1v) is 5.49. The van der Waals surface area contributed by atoms with Crippen molar-refractivity contribution >= 4 is 16.9 Å². The number of rotatable bonds is 2. The van der Waals surface area contributed by atoms with E-state index in [1.165, 1.54) is 24.4 Å². The molecule has 2 aromatic heterocycles. The zero-order valence-corrected chi connectivity index (χ0v) is 10.0. The molecular weight excluding hydrogens is 246 g/mol. The van der Waals surface area contributed by atoms with Crippen molar-refractivity contribution in [1.29, 1.82) is 0 Å². The Morgan fingerprint density at radius 3 is 2.89 bits per heavy atom. The van der Waals surface area contributed by atoms with Crippen LogP contribution in [0.4, 0.5) is 0 Å². The van der Waals surface area contributed by atoms with Gasteiger partial charge in [-0.05, 0) is 12.1 Å². The molecular formula is C12H9N5O2. The zero-order chi connectivity index (χ0) is 13.2. The van der Waals surface area contributed by atoms with Crippen LogP contribution in [0.3, 0.4) is 0 Å². The molecule has 0 aliphatic heterocycles. The fourth-order valence-corrected chi connectivity index (χ4v) is 1.72. The van der Waals surface area contributed by atoms with E-state index in [0.29, 0.717) is 5.82 Å². The summed E-state index contributed by atoms with van der Waals surface area (Å²) in [5.74, 6) is -0.0319. The summed E-state index contributed by atoms with van der Waals surface area (Å²) in [5.41, 5.74) is 0.794. The molecule has 1 aromatic carbocycles. The number of nitrogens with zero attached hydrogens (tertiary/aromatic N) is 5. The second-order valence-electron chi connectivity index (χ2n) is 3.72. The smallest absolute Gasteiger partial charge is 0.377 e. The van der Waals surface area contributed by atoms with Crippen molar-refractivity contribution in [3.05, 3.63) is 42.7 Å². The Morgan fingerprint density at radius 2 is 2.05 bits per heavy atom. The summed E-state index contributed by atoms with van der Waals surface area (Å²) in [5, 5.41) is 4.87.